The van der Waals surface area contributed by atoms with Crippen molar-refractivity contribution in [3.63, 3.8) is 0 Å². The van der Waals surface area contributed by atoms with Crippen molar-refractivity contribution >= 4 is 10.0 Å². The number of hydrogen-bond acceptors (Lipinski definition) is 5. The standard InChI is InChI=1S/C10H24N2O4S/c1-10(2)16-8-9-17(13,14)12-5-3-6-15-7-4-11/h10,12H,3-9,11H2,1-2H3. The molecule has 0 aromatic carbocycles. The van der Waals surface area contributed by atoms with Crippen LogP contribution in [0.3, 0.4) is 0 Å². The van der Waals surface area contributed by atoms with Gasteiger partial charge in [0.25, 0.3) is 0 Å². The molecule has 104 valence electrons. The molecule has 0 spiro atoms. The predicted octanol–water partition coefficient (Wildman–Crippen LogP) is -0.304. The summed E-state index contributed by atoms with van der Waals surface area (Å²) in [7, 11) is -3.23. The first kappa shape index (κ1) is 16.8. The molecule has 0 fully saturated rings. The lowest BCUT2D eigenvalue weighted by Gasteiger charge is -2.09. The van der Waals surface area contributed by atoms with Crippen LogP contribution in [0.25, 0.3) is 0 Å². The van der Waals surface area contributed by atoms with E-state index in [-0.39, 0.29) is 18.5 Å². The summed E-state index contributed by atoms with van der Waals surface area (Å²) in [6.07, 6.45) is 0.694. The molecule has 0 atom stereocenters. The van der Waals surface area contributed by atoms with E-state index in [1.807, 2.05) is 13.8 Å². The largest absolute Gasteiger partial charge is 0.380 e. The Kier molecular flexibility index (Phi) is 9.66. The maximum Gasteiger partial charge on any atom is 0.213 e. The van der Waals surface area contributed by atoms with Crippen molar-refractivity contribution in [2.75, 3.05) is 38.7 Å². The van der Waals surface area contributed by atoms with Crippen LogP contribution in [-0.4, -0.2) is 53.2 Å². The van der Waals surface area contributed by atoms with Crippen molar-refractivity contribution in [3.05, 3.63) is 0 Å². The molecule has 0 unspecified atom stereocenters. The summed E-state index contributed by atoms with van der Waals surface area (Å²) in [5, 5.41) is 0. The van der Waals surface area contributed by atoms with Crippen LogP contribution in [0.5, 0.6) is 0 Å². The highest BCUT2D eigenvalue weighted by atomic mass is 32.2. The minimum Gasteiger partial charge on any atom is -0.380 e. The van der Waals surface area contributed by atoms with Gasteiger partial charge in [0, 0.05) is 19.7 Å². The predicted molar refractivity (Wildman–Crippen MR) is 67.4 cm³/mol. The molecular formula is C10H24N2O4S. The lowest BCUT2D eigenvalue weighted by molar-refractivity contribution is 0.0911. The zero-order valence-corrected chi connectivity index (χ0v) is 11.5. The first-order chi connectivity index (χ1) is 7.98. The molecule has 0 aliphatic heterocycles. The molecule has 0 saturated heterocycles. The van der Waals surface area contributed by atoms with Crippen LogP contribution in [0, 0.1) is 0 Å². The monoisotopic (exact) mass is 268 g/mol. The van der Waals surface area contributed by atoms with E-state index in [1.165, 1.54) is 0 Å². The Hall–Kier alpha value is -0.210. The Balaban J connectivity index is 3.51. The highest BCUT2D eigenvalue weighted by Crippen LogP contribution is 1.91. The van der Waals surface area contributed by atoms with Crippen molar-refractivity contribution in [1.29, 1.82) is 0 Å². The van der Waals surface area contributed by atoms with Gasteiger partial charge in [-0.1, -0.05) is 0 Å². The minimum atomic E-state index is -3.23. The quantitative estimate of drug-likeness (QED) is 0.502. The van der Waals surface area contributed by atoms with Crippen molar-refractivity contribution in [3.8, 4) is 0 Å². The number of rotatable bonds is 11. The second kappa shape index (κ2) is 9.78. The van der Waals surface area contributed by atoms with E-state index in [1.54, 1.807) is 0 Å². The highest BCUT2D eigenvalue weighted by Gasteiger charge is 2.09. The van der Waals surface area contributed by atoms with Crippen LogP contribution in [0.15, 0.2) is 0 Å². The molecule has 7 heteroatoms. The van der Waals surface area contributed by atoms with Crippen LogP contribution in [0.2, 0.25) is 0 Å². The molecule has 0 aromatic heterocycles. The number of hydrogen-bond donors (Lipinski definition) is 2. The number of nitrogens with one attached hydrogen (secondary N) is 1. The Morgan fingerprint density at radius 3 is 2.53 bits per heavy atom. The lowest BCUT2D eigenvalue weighted by Crippen LogP contribution is -2.30. The molecule has 0 radical (unpaired) electrons. The van der Waals surface area contributed by atoms with E-state index in [9.17, 15) is 8.42 Å². The van der Waals surface area contributed by atoms with Gasteiger partial charge in [-0.25, -0.2) is 13.1 Å². The van der Waals surface area contributed by atoms with Crippen molar-refractivity contribution in [2.45, 2.75) is 26.4 Å². The molecule has 0 heterocycles. The van der Waals surface area contributed by atoms with E-state index in [2.05, 4.69) is 4.72 Å². The Morgan fingerprint density at radius 1 is 1.24 bits per heavy atom. The molecule has 0 aliphatic rings. The van der Waals surface area contributed by atoms with Crippen LogP contribution in [-0.2, 0) is 19.5 Å². The van der Waals surface area contributed by atoms with Gasteiger partial charge < -0.3 is 15.2 Å². The van der Waals surface area contributed by atoms with Gasteiger partial charge in [-0.05, 0) is 20.3 Å². The van der Waals surface area contributed by atoms with Gasteiger partial charge in [-0.15, -0.1) is 0 Å². The molecule has 6 nitrogen and oxygen atoms in total. The Bertz CT molecular complexity index is 267. The van der Waals surface area contributed by atoms with Gasteiger partial charge in [0.2, 0.25) is 10.0 Å². The third-order valence-corrected chi connectivity index (χ3v) is 3.20. The average Bonchev–Trinajstić information content (AvgIpc) is 2.22. The van der Waals surface area contributed by atoms with Crippen molar-refractivity contribution in [2.24, 2.45) is 5.73 Å². The summed E-state index contributed by atoms with van der Waals surface area (Å²) in [5.74, 6) is -0.00512. The molecule has 0 aromatic rings. The normalized spacial score (nSPS) is 12.2. The fourth-order valence-electron chi connectivity index (χ4n) is 1.05. The topological polar surface area (TPSA) is 90.7 Å². The summed E-state index contributed by atoms with van der Waals surface area (Å²) in [5.41, 5.74) is 5.24. The SMILES string of the molecule is CC(C)OCCS(=O)(=O)NCCCOCCN. The maximum absolute atomic E-state index is 11.4. The highest BCUT2D eigenvalue weighted by molar-refractivity contribution is 7.89. The Labute approximate surface area is 104 Å². The summed E-state index contributed by atoms with van der Waals surface area (Å²) >= 11 is 0. The molecule has 0 saturated carbocycles. The van der Waals surface area contributed by atoms with Gasteiger partial charge in [0.1, 0.15) is 0 Å². The first-order valence-electron chi connectivity index (χ1n) is 5.84. The minimum absolute atomic E-state index is 0.00512. The smallest absolute Gasteiger partial charge is 0.213 e. The van der Waals surface area contributed by atoms with Gasteiger partial charge in [0.05, 0.1) is 25.1 Å². The second-order valence-corrected chi connectivity index (χ2v) is 5.81. The fraction of sp³-hybridized carbons (Fsp3) is 1.00. The van der Waals surface area contributed by atoms with E-state index in [0.717, 1.165) is 0 Å². The molecule has 0 amide bonds. The van der Waals surface area contributed by atoms with Crippen LogP contribution in [0.1, 0.15) is 20.3 Å². The third-order valence-electron chi connectivity index (χ3n) is 1.85. The second-order valence-electron chi connectivity index (χ2n) is 3.89. The summed E-state index contributed by atoms with van der Waals surface area (Å²) in [4.78, 5) is 0. The zero-order chi connectivity index (χ0) is 13.1. The Morgan fingerprint density at radius 2 is 1.94 bits per heavy atom. The summed E-state index contributed by atoms with van der Waals surface area (Å²) in [6, 6.07) is 0. The molecule has 0 aliphatic carbocycles. The average molecular weight is 268 g/mol. The number of sulfonamides is 1. The van der Waals surface area contributed by atoms with E-state index in [0.29, 0.717) is 32.7 Å². The van der Waals surface area contributed by atoms with Crippen molar-refractivity contribution < 1.29 is 17.9 Å². The summed E-state index contributed by atoms with van der Waals surface area (Å²) < 4.78 is 35.7. The van der Waals surface area contributed by atoms with Gasteiger partial charge in [-0.3, -0.25) is 0 Å². The zero-order valence-electron chi connectivity index (χ0n) is 10.6. The molecule has 17 heavy (non-hydrogen) atoms. The van der Waals surface area contributed by atoms with E-state index >= 15 is 0 Å². The van der Waals surface area contributed by atoms with Gasteiger partial charge in [-0.2, -0.15) is 0 Å². The van der Waals surface area contributed by atoms with Crippen LogP contribution >= 0.6 is 0 Å². The molecule has 0 rings (SSSR count). The molecular weight excluding hydrogens is 244 g/mol. The van der Waals surface area contributed by atoms with E-state index in [4.69, 9.17) is 15.2 Å². The molecule has 3 N–H and O–H groups in total. The van der Waals surface area contributed by atoms with Crippen molar-refractivity contribution in [1.82, 2.24) is 4.72 Å². The first-order valence-corrected chi connectivity index (χ1v) is 7.50. The van der Waals surface area contributed by atoms with Crippen LogP contribution in [0.4, 0.5) is 0 Å². The molecule has 0 bridgehead atoms. The van der Waals surface area contributed by atoms with Gasteiger partial charge >= 0.3 is 0 Å². The lowest BCUT2D eigenvalue weighted by atomic mass is 10.5. The maximum atomic E-state index is 11.4. The van der Waals surface area contributed by atoms with E-state index < -0.39 is 10.0 Å². The summed E-state index contributed by atoms with van der Waals surface area (Å²) in [6.45, 7) is 5.85. The van der Waals surface area contributed by atoms with Gasteiger partial charge in [0.15, 0.2) is 0 Å². The number of ether oxygens (including phenoxy) is 2. The number of nitrogens with two attached hydrogens (primary N) is 1. The fourth-order valence-corrected chi connectivity index (χ4v) is 1.97. The van der Waals surface area contributed by atoms with Crippen LogP contribution < -0.4 is 10.5 Å². The third kappa shape index (κ3) is 12.0.